The molecule has 0 aliphatic rings. The molecule has 0 aliphatic heterocycles. The average molecular weight is 274 g/mol. The normalized spacial score (nSPS) is 10.4. The van der Waals surface area contributed by atoms with Crippen LogP contribution in [-0.2, 0) is 4.79 Å². The molecule has 1 rings (SSSR count). The van der Waals surface area contributed by atoms with Gasteiger partial charge in [0.15, 0.2) is 0 Å². The molecule has 1 aromatic rings. The van der Waals surface area contributed by atoms with Crippen molar-refractivity contribution in [3.8, 4) is 0 Å². The topological polar surface area (TPSA) is 37.3 Å². The van der Waals surface area contributed by atoms with E-state index in [2.05, 4.69) is 22.6 Å². The molecule has 2 nitrogen and oxygen atoms in total. The molecule has 0 heterocycles. The quantitative estimate of drug-likeness (QED) is 0.664. The highest BCUT2D eigenvalue weighted by Gasteiger charge is 1.88. The molecule has 0 saturated carbocycles. The van der Waals surface area contributed by atoms with Crippen LogP contribution >= 0.6 is 22.6 Å². The van der Waals surface area contributed by atoms with Gasteiger partial charge < -0.3 is 5.11 Å². The van der Waals surface area contributed by atoms with E-state index in [0.29, 0.717) is 0 Å². The lowest BCUT2D eigenvalue weighted by Crippen LogP contribution is -1.85. The maximum Gasteiger partial charge on any atom is 0.328 e. The van der Waals surface area contributed by atoms with Gasteiger partial charge in [-0.2, -0.15) is 0 Å². The molecule has 0 unspecified atom stereocenters. The van der Waals surface area contributed by atoms with Crippen molar-refractivity contribution in [2.24, 2.45) is 0 Å². The van der Waals surface area contributed by atoms with E-state index in [-0.39, 0.29) is 0 Å². The molecule has 1 N–H and O–H groups in total. The van der Waals surface area contributed by atoms with E-state index in [9.17, 15) is 4.79 Å². The van der Waals surface area contributed by atoms with Gasteiger partial charge in [0.05, 0.1) is 0 Å². The second kappa shape index (κ2) is 4.25. The molecule has 0 atom stereocenters. The number of carboxylic acid groups (broad SMARTS) is 1. The Balaban J connectivity index is 2.77. The zero-order chi connectivity index (χ0) is 8.97. The first kappa shape index (κ1) is 9.25. The summed E-state index contributed by atoms with van der Waals surface area (Å²) in [4.78, 5) is 10.2. The number of carbonyl (C=O) groups is 1. The third kappa shape index (κ3) is 3.04. The first-order valence-corrected chi connectivity index (χ1v) is 4.43. The molecule has 0 spiro atoms. The first-order valence-electron chi connectivity index (χ1n) is 3.35. The minimum atomic E-state index is -0.923. The second-order valence-electron chi connectivity index (χ2n) is 2.22. The summed E-state index contributed by atoms with van der Waals surface area (Å²) in [6.07, 6.45) is 2.70. The van der Waals surface area contributed by atoms with Crippen LogP contribution in [-0.4, -0.2) is 11.1 Å². The van der Waals surface area contributed by atoms with E-state index >= 15 is 0 Å². The Hall–Kier alpha value is -0.840. The lowest BCUT2D eigenvalue weighted by Gasteiger charge is -1.91. The fraction of sp³-hybridized carbons (Fsp3) is 0. The van der Waals surface area contributed by atoms with Crippen molar-refractivity contribution < 1.29 is 9.90 Å². The SMILES string of the molecule is O=C(O)/C=C/c1ccc(I)cc1. The van der Waals surface area contributed by atoms with Crippen LogP contribution in [0.2, 0.25) is 0 Å². The molecular formula is C9H7IO2. The molecule has 0 amide bonds. The predicted octanol–water partition coefficient (Wildman–Crippen LogP) is 2.39. The monoisotopic (exact) mass is 274 g/mol. The van der Waals surface area contributed by atoms with Gasteiger partial charge in [-0.25, -0.2) is 4.79 Å². The average Bonchev–Trinajstić information content (AvgIpc) is 2.03. The van der Waals surface area contributed by atoms with Crippen molar-refractivity contribution in [3.63, 3.8) is 0 Å². The first-order chi connectivity index (χ1) is 5.68. The van der Waals surface area contributed by atoms with Gasteiger partial charge >= 0.3 is 5.97 Å². The molecule has 62 valence electrons. The van der Waals surface area contributed by atoms with Gasteiger partial charge in [0.1, 0.15) is 0 Å². The van der Waals surface area contributed by atoms with Crippen molar-refractivity contribution >= 4 is 34.6 Å². The summed E-state index contributed by atoms with van der Waals surface area (Å²) in [6, 6.07) is 7.62. The lowest BCUT2D eigenvalue weighted by atomic mass is 10.2. The van der Waals surface area contributed by atoms with Gasteiger partial charge in [0.2, 0.25) is 0 Å². The largest absolute Gasteiger partial charge is 0.478 e. The van der Waals surface area contributed by atoms with Gasteiger partial charge in [-0.05, 0) is 46.4 Å². The van der Waals surface area contributed by atoms with Crippen molar-refractivity contribution in [2.75, 3.05) is 0 Å². The van der Waals surface area contributed by atoms with Gasteiger partial charge in [-0.15, -0.1) is 0 Å². The Morgan fingerprint density at radius 1 is 1.33 bits per heavy atom. The summed E-state index contributed by atoms with van der Waals surface area (Å²) in [5.41, 5.74) is 0.901. The Labute approximate surface area is 84.1 Å². The smallest absolute Gasteiger partial charge is 0.328 e. The van der Waals surface area contributed by atoms with Crippen LogP contribution in [0.3, 0.4) is 0 Å². The Morgan fingerprint density at radius 2 is 1.92 bits per heavy atom. The molecule has 0 bridgehead atoms. The minimum absolute atomic E-state index is 0.901. The van der Waals surface area contributed by atoms with Gasteiger partial charge in [-0.1, -0.05) is 12.1 Å². The lowest BCUT2D eigenvalue weighted by molar-refractivity contribution is -0.131. The van der Waals surface area contributed by atoms with E-state index in [4.69, 9.17) is 5.11 Å². The highest BCUT2D eigenvalue weighted by molar-refractivity contribution is 14.1. The number of rotatable bonds is 2. The maximum absolute atomic E-state index is 10.2. The molecule has 12 heavy (non-hydrogen) atoms. The second-order valence-corrected chi connectivity index (χ2v) is 3.47. The van der Waals surface area contributed by atoms with Crippen LogP contribution in [0, 0.1) is 3.57 Å². The molecular weight excluding hydrogens is 267 g/mol. The van der Waals surface area contributed by atoms with Crippen LogP contribution in [0.1, 0.15) is 5.56 Å². The fourth-order valence-corrected chi connectivity index (χ4v) is 1.10. The van der Waals surface area contributed by atoms with Crippen molar-refractivity contribution in [1.29, 1.82) is 0 Å². The summed E-state index contributed by atoms with van der Waals surface area (Å²) in [7, 11) is 0. The van der Waals surface area contributed by atoms with Gasteiger partial charge in [0.25, 0.3) is 0 Å². The number of aliphatic carboxylic acids is 1. The summed E-state index contributed by atoms with van der Waals surface area (Å²) in [5.74, 6) is -0.923. The third-order valence-corrected chi connectivity index (χ3v) is 2.01. The van der Waals surface area contributed by atoms with Crippen molar-refractivity contribution in [3.05, 3.63) is 39.5 Å². The van der Waals surface area contributed by atoms with Crippen molar-refractivity contribution in [2.45, 2.75) is 0 Å². The van der Waals surface area contributed by atoms with E-state index in [0.717, 1.165) is 15.2 Å². The molecule has 0 radical (unpaired) electrons. The molecule has 3 heteroatoms. The van der Waals surface area contributed by atoms with Gasteiger partial charge in [0, 0.05) is 9.65 Å². The van der Waals surface area contributed by atoms with E-state index in [1.54, 1.807) is 6.08 Å². The summed E-state index contributed by atoms with van der Waals surface area (Å²) >= 11 is 2.20. The molecule has 0 aromatic heterocycles. The highest BCUT2D eigenvalue weighted by Crippen LogP contribution is 2.07. The van der Waals surface area contributed by atoms with Crippen LogP contribution in [0.15, 0.2) is 30.3 Å². The van der Waals surface area contributed by atoms with E-state index in [1.165, 1.54) is 0 Å². The van der Waals surface area contributed by atoms with Crippen molar-refractivity contribution in [1.82, 2.24) is 0 Å². The van der Waals surface area contributed by atoms with Gasteiger partial charge in [-0.3, -0.25) is 0 Å². The van der Waals surface area contributed by atoms with E-state index in [1.807, 2.05) is 24.3 Å². The fourth-order valence-electron chi connectivity index (χ4n) is 0.741. The number of hydrogen-bond acceptors (Lipinski definition) is 1. The maximum atomic E-state index is 10.2. The summed E-state index contributed by atoms with van der Waals surface area (Å²) in [5, 5.41) is 8.34. The molecule has 1 aromatic carbocycles. The standard InChI is InChI=1S/C9H7IO2/c10-8-4-1-7(2-5-8)3-6-9(11)12/h1-6H,(H,11,12)/b6-3+. The number of hydrogen-bond donors (Lipinski definition) is 1. The number of carboxylic acids is 1. The van der Waals surface area contributed by atoms with Crippen LogP contribution in [0.25, 0.3) is 6.08 Å². The molecule has 0 aliphatic carbocycles. The van der Waals surface area contributed by atoms with Crippen LogP contribution in [0.4, 0.5) is 0 Å². The predicted molar refractivity (Wildman–Crippen MR) is 55.8 cm³/mol. The Kier molecular flexibility index (Phi) is 3.28. The zero-order valence-corrected chi connectivity index (χ0v) is 8.36. The Bertz CT molecular complexity index is 301. The van der Waals surface area contributed by atoms with Crippen LogP contribution in [0.5, 0.6) is 0 Å². The minimum Gasteiger partial charge on any atom is -0.478 e. The number of benzene rings is 1. The highest BCUT2D eigenvalue weighted by atomic mass is 127. The summed E-state index contributed by atoms with van der Waals surface area (Å²) < 4.78 is 1.14. The van der Waals surface area contributed by atoms with E-state index < -0.39 is 5.97 Å². The molecule has 0 fully saturated rings. The summed E-state index contributed by atoms with van der Waals surface area (Å²) in [6.45, 7) is 0. The zero-order valence-electron chi connectivity index (χ0n) is 6.20. The Morgan fingerprint density at radius 3 is 2.42 bits per heavy atom. The molecule has 0 saturated heterocycles. The third-order valence-electron chi connectivity index (χ3n) is 1.29. The number of halogens is 1. The van der Waals surface area contributed by atoms with Crippen LogP contribution < -0.4 is 0 Å².